The number of aromatic amines is 1. The number of nitrogens with two attached hydrogens (primary N) is 1. The Balaban J connectivity index is 1.96. The monoisotopic (exact) mass is 266 g/mol. The van der Waals surface area contributed by atoms with Gasteiger partial charge in [0.25, 0.3) is 0 Å². The molecule has 1 heterocycles. The van der Waals surface area contributed by atoms with Crippen molar-refractivity contribution in [1.29, 1.82) is 0 Å². The summed E-state index contributed by atoms with van der Waals surface area (Å²) in [6, 6.07) is 14.2. The zero-order valence-electron chi connectivity index (χ0n) is 11.7. The Morgan fingerprint density at radius 3 is 2.60 bits per heavy atom. The number of hydrogen-bond acceptors (Lipinski definition) is 3. The predicted octanol–water partition coefficient (Wildman–Crippen LogP) is 3.48. The maximum absolute atomic E-state index is 5.79. The first-order valence-corrected chi connectivity index (χ1v) is 6.75. The second-order valence-electron chi connectivity index (χ2n) is 4.92. The average Bonchev–Trinajstić information content (AvgIpc) is 2.89. The number of aromatic nitrogens is 2. The first-order valence-electron chi connectivity index (χ1n) is 6.75. The van der Waals surface area contributed by atoms with Gasteiger partial charge in [0.15, 0.2) is 0 Å². The minimum atomic E-state index is 0.739. The van der Waals surface area contributed by atoms with Crippen molar-refractivity contribution in [1.82, 2.24) is 9.97 Å². The van der Waals surface area contributed by atoms with Gasteiger partial charge in [0.05, 0.1) is 11.0 Å². The van der Waals surface area contributed by atoms with Gasteiger partial charge < -0.3 is 15.6 Å². The number of hydrogen-bond donors (Lipinski definition) is 2. The number of imidazole rings is 1. The van der Waals surface area contributed by atoms with Gasteiger partial charge in [0, 0.05) is 18.4 Å². The molecule has 0 saturated heterocycles. The van der Waals surface area contributed by atoms with Gasteiger partial charge in [-0.15, -0.1) is 0 Å². The van der Waals surface area contributed by atoms with E-state index in [1.165, 1.54) is 5.56 Å². The van der Waals surface area contributed by atoms with Gasteiger partial charge in [-0.1, -0.05) is 19.1 Å². The molecule has 0 bridgehead atoms. The molecule has 102 valence electrons. The third-order valence-electron chi connectivity index (χ3n) is 3.54. The molecule has 3 N–H and O–H groups in total. The van der Waals surface area contributed by atoms with E-state index in [-0.39, 0.29) is 0 Å². The van der Waals surface area contributed by atoms with Crippen LogP contribution in [0.3, 0.4) is 0 Å². The second kappa shape index (κ2) is 4.89. The zero-order chi connectivity index (χ0) is 14.1. The summed E-state index contributed by atoms with van der Waals surface area (Å²) >= 11 is 0. The normalized spacial score (nSPS) is 10.9. The smallest absolute Gasteiger partial charge is 0.208 e. The van der Waals surface area contributed by atoms with Crippen LogP contribution in [-0.4, -0.2) is 17.0 Å². The van der Waals surface area contributed by atoms with Crippen molar-refractivity contribution >= 4 is 28.4 Å². The number of fused-ring (bicyclic) bond motifs is 1. The van der Waals surface area contributed by atoms with Crippen molar-refractivity contribution in [2.75, 3.05) is 17.7 Å². The molecular weight excluding hydrogens is 248 g/mol. The fourth-order valence-electron chi connectivity index (χ4n) is 2.25. The van der Waals surface area contributed by atoms with Crippen LogP contribution < -0.4 is 10.6 Å². The highest BCUT2D eigenvalue weighted by atomic mass is 15.2. The Kier molecular flexibility index (Phi) is 3.06. The number of nitrogens with zero attached hydrogens (tertiary/aromatic N) is 2. The number of aryl methyl sites for hydroxylation is 1. The molecule has 0 fully saturated rings. The van der Waals surface area contributed by atoms with E-state index in [2.05, 4.69) is 41.2 Å². The minimum Gasteiger partial charge on any atom is -0.399 e. The molecule has 0 atom stereocenters. The lowest BCUT2D eigenvalue weighted by Crippen LogP contribution is -2.10. The fourth-order valence-corrected chi connectivity index (χ4v) is 2.25. The SMILES string of the molecule is CCc1ccc(N(C)c2nc3ccc(N)cc3[nH]2)cc1. The van der Waals surface area contributed by atoms with E-state index in [9.17, 15) is 0 Å². The first kappa shape index (κ1) is 12.5. The summed E-state index contributed by atoms with van der Waals surface area (Å²) in [5, 5.41) is 0. The maximum atomic E-state index is 5.79. The molecule has 0 radical (unpaired) electrons. The molecule has 0 aliphatic carbocycles. The Labute approximate surface area is 118 Å². The van der Waals surface area contributed by atoms with Crippen molar-refractivity contribution in [3.63, 3.8) is 0 Å². The summed E-state index contributed by atoms with van der Waals surface area (Å²) in [6.07, 6.45) is 1.05. The summed E-state index contributed by atoms with van der Waals surface area (Å²) < 4.78 is 0. The van der Waals surface area contributed by atoms with Crippen molar-refractivity contribution in [2.45, 2.75) is 13.3 Å². The number of rotatable bonds is 3. The highest BCUT2D eigenvalue weighted by Gasteiger charge is 2.09. The Morgan fingerprint density at radius 2 is 1.90 bits per heavy atom. The number of nitrogens with one attached hydrogen (secondary N) is 1. The topological polar surface area (TPSA) is 57.9 Å². The van der Waals surface area contributed by atoms with E-state index < -0.39 is 0 Å². The van der Waals surface area contributed by atoms with E-state index in [4.69, 9.17) is 5.73 Å². The first-order chi connectivity index (χ1) is 9.67. The summed E-state index contributed by atoms with van der Waals surface area (Å²) in [4.78, 5) is 9.92. The number of benzene rings is 2. The standard InChI is InChI=1S/C16H18N4/c1-3-11-4-7-13(8-5-11)20(2)16-18-14-9-6-12(17)10-15(14)19-16/h4-10H,3,17H2,1-2H3,(H,18,19). The molecule has 20 heavy (non-hydrogen) atoms. The molecule has 4 heteroatoms. The largest absolute Gasteiger partial charge is 0.399 e. The van der Waals surface area contributed by atoms with Crippen molar-refractivity contribution in [3.05, 3.63) is 48.0 Å². The molecule has 2 aromatic carbocycles. The third kappa shape index (κ3) is 2.20. The molecule has 3 aromatic rings. The average molecular weight is 266 g/mol. The van der Waals surface area contributed by atoms with E-state index in [1.54, 1.807) is 0 Å². The van der Waals surface area contributed by atoms with Crippen molar-refractivity contribution in [3.8, 4) is 0 Å². The van der Waals surface area contributed by atoms with Crippen molar-refractivity contribution < 1.29 is 0 Å². The van der Waals surface area contributed by atoms with Gasteiger partial charge >= 0.3 is 0 Å². The minimum absolute atomic E-state index is 0.739. The molecule has 0 unspecified atom stereocenters. The van der Waals surface area contributed by atoms with Gasteiger partial charge in [-0.2, -0.15) is 0 Å². The number of anilines is 3. The number of H-pyrrole nitrogens is 1. The van der Waals surface area contributed by atoms with Gasteiger partial charge in [-0.3, -0.25) is 0 Å². The zero-order valence-corrected chi connectivity index (χ0v) is 11.7. The molecule has 0 saturated carbocycles. The van der Waals surface area contributed by atoms with Crippen LogP contribution in [0.25, 0.3) is 11.0 Å². The lowest BCUT2D eigenvalue weighted by Gasteiger charge is -2.16. The highest BCUT2D eigenvalue weighted by molar-refractivity contribution is 5.81. The molecule has 1 aromatic heterocycles. The molecule has 3 rings (SSSR count). The fraction of sp³-hybridized carbons (Fsp3) is 0.188. The molecule has 0 aliphatic rings. The van der Waals surface area contributed by atoms with Crippen LogP contribution in [0.1, 0.15) is 12.5 Å². The van der Waals surface area contributed by atoms with Gasteiger partial charge in [0.1, 0.15) is 0 Å². The lowest BCUT2D eigenvalue weighted by atomic mass is 10.1. The van der Waals surface area contributed by atoms with Crippen molar-refractivity contribution in [2.24, 2.45) is 0 Å². The maximum Gasteiger partial charge on any atom is 0.208 e. The molecular formula is C16H18N4. The van der Waals surface area contributed by atoms with Gasteiger partial charge in [0.2, 0.25) is 5.95 Å². The van der Waals surface area contributed by atoms with E-state index >= 15 is 0 Å². The van der Waals surface area contributed by atoms with Gasteiger partial charge in [-0.25, -0.2) is 4.98 Å². The Bertz CT molecular complexity index is 728. The summed E-state index contributed by atoms with van der Waals surface area (Å²) in [7, 11) is 2.00. The van der Waals surface area contributed by atoms with Crippen LogP contribution in [-0.2, 0) is 6.42 Å². The van der Waals surface area contributed by atoms with E-state index in [0.29, 0.717) is 0 Å². The van der Waals surface area contributed by atoms with Crippen LogP contribution in [0.5, 0.6) is 0 Å². The predicted molar refractivity (Wildman–Crippen MR) is 84.4 cm³/mol. The van der Waals surface area contributed by atoms with Crippen LogP contribution in [0.15, 0.2) is 42.5 Å². The molecule has 0 aliphatic heterocycles. The third-order valence-corrected chi connectivity index (χ3v) is 3.54. The van der Waals surface area contributed by atoms with Crippen LogP contribution >= 0.6 is 0 Å². The highest BCUT2D eigenvalue weighted by Crippen LogP contribution is 2.24. The van der Waals surface area contributed by atoms with Crippen LogP contribution in [0.4, 0.5) is 17.3 Å². The quantitative estimate of drug-likeness (QED) is 0.714. The lowest BCUT2D eigenvalue weighted by molar-refractivity contribution is 1.09. The Morgan fingerprint density at radius 1 is 1.15 bits per heavy atom. The summed E-state index contributed by atoms with van der Waals surface area (Å²) in [5.41, 5.74) is 10.8. The van der Waals surface area contributed by atoms with Crippen LogP contribution in [0.2, 0.25) is 0 Å². The van der Waals surface area contributed by atoms with E-state index in [1.807, 2.05) is 30.1 Å². The Hall–Kier alpha value is -2.49. The van der Waals surface area contributed by atoms with Gasteiger partial charge in [-0.05, 0) is 42.3 Å². The van der Waals surface area contributed by atoms with Crippen LogP contribution in [0, 0.1) is 0 Å². The molecule has 0 spiro atoms. The second-order valence-corrected chi connectivity index (χ2v) is 4.92. The molecule has 4 nitrogen and oxygen atoms in total. The summed E-state index contributed by atoms with van der Waals surface area (Å²) in [5.74, 6) is 0.815. The van der Waals surface area contributed by atoms with E-state index in [0.717, 1.165) is 34.8 Å². The summed E-state index contributed by atoms with van der Waals surface area (Å²) in [6.45, 7) is 2.16. The molecule has 0 amide bonds. The number of nitrogen functional groups attached to an aromatic ring is 1.